The summed E-state index contributed by atoms with van der Waals surface area (Å²) in [5.41, 5.74) is 5.02. The lowest BCUT2D eigenvalue weighted by Crippen LogP contribution is -2.19. The van der Waals surface area contributed by atoms with Gasteiger partial charge in [0.1, 0.15) is 0 Å². The van der Waals surface area contributed by atoms with Gasteiger partial charge in [0.15, 0.2) is 0 Å². The van der Waals surface area contributed by atoms with Crippen LogP contribution < -0.4 is 5.73 Å². The zero-order valence-corrected chi connectivity index (χ0v) is 3.85. The molecule has 0 aromatic heterocycles. The highest BCUT2D eigenvalue weighted by atomic mass is 16.1. The van der Waals surface area contributed by atoms with Crippen molar-refractivity contribution in [2.24, 2.45) is 5.73 Å². The molecule has 2 heteroatoms. The second-order valence-electron chi connectivity index (χ2n) is 1.13. The second-order valence-corrected chi connectivity index (χ2v) is 1.13. The van der Waals surface area contributed by atoms with Gasteiger partial charge in [-0.05, 0) is 0 Å². The third-order valence-corrected chi connectivity index (χ3v) is 0.489. The highest BCUT2D eigenvalue weighted by molar-refractivity contribution is 5.58. The maximum Gasteiger partial charge on any atom is 0.217 e. The van der Waals surface area contributed by atoms with Crippen molar-refractivity contribution in [3.63, 3.8) is 0 Å². The molecule has 0 aliphatic heterocycles. The third kappa shape index (κ3) is 3.01. The fourth-order valence-electron chi connectivity index (χ4n) is 0.169. The van der Waals surface area contributed by atoms with Gasteiger partial charge in [0.2, 0.25) is 6.29 Å². The molecule has 0 aliphatic carbocycles. The van der Waals surface area contributed by atoms with Crippen molar-refractivity contribution >= 4 is 6.29 Å². The summed E-state index contributed by atoms with van der Waals surface area (Å²) in [6.07, 6.45) is 6.63. The molecule has 2 N–H and O–H groups in total. The summed E-state index contributed by atoms with van der Waals surface area (Å²) >= 11 is 0. The van der Waals surface area contributed by atoms with Crippen molar-refractivity contribution in [3.05, 3.63) is 0 Å². The Hall–Kier alpha value is -0.810. The van der Waals surface area contributed by atoms with Crippen molar-refractivity contribution in [2.45, 2.75) is 12.5 Å². The summed E-state index contributed by atoms with van der Waals surface area (Å²) in [5.74, 6) is 2.23. The monoisotopic (exact) mass is 96.0 g/mol. The highest BCUT2D eigenvalue weighted by Crippen LogP contribution is 1.76. The van der Waals surface area contributed by atoms with Crippen molar-refractivity contribution in [2.75, 3.05) is 0 Å². The first kappa shape index (κ1) is 6.19. The summed E-state index contributed by atoms with van der Waals surface area (Å²) in [6, 6.07) is -0.593. The van der Waals surface area contributed by atoms with E-state index in [9.17, 15) is 4.79 Å². The van der Waals surface area contributed by atoms with Crippen LogP contribution in [0.2, 0.25) is 0 Å². The lowest BCUT2D eigenvalue weighted by atomic mass is 10.3. The van der Waals surface area contributed by atoms with Gasteiger partial charge in [0.25, 0.3) is 0 Å². The minimum Gasteiger partial charge on any atom is -0.320 e. The van der Waals surface area contributed by atoms with Gasteiger partial charge < -0.3 is 5.73 Å². The molecule has 1 atom stereocenters. The Kier molecular flexibility index (Phi) is 2.99. The van der Waals surface area contributed by atoms with E-state index >= 15 is 0 Å². The Labute approximate surface area is 42.7 Å². The van der Waals surface area contributed by atoms with Crippen molar-refractivity contribution in [3.8, 4) is 12.3 Å². The van der Waals surface area contributed by atoms with E-state index < -0.39 is 6.04 Å². The van der Waals surface area contributed by atoms with Crippen LogP contribution in [0.25, 0.3) is 0 Å². The minimum absolute atomic E-state index is 0.281. The number of hydrogen-bond acceptors (Lipinski definition) is 2. The fraction of sp³-hybridized carbons (Fsp3) is 0.400. The molecule has 0 aromatic carbocycles. The van der Waals surface area contributed by atoms with Crippen LogP contribution >= 0.6 is 0 Å². The molecule has 0 aliphatic rings. The minimum atomic E-state index is -0.593. The molecule has 0 aromatic rings. The zero-order valence-electron chi connectivity index (χ0n) is 3.85. The molecular formula is C5H6NO. The average molecular weight is 96.1 g/mol. The molecule has 0 fully saturated rings. The first-order valence-corrected chi connectivity index (χ1v) is 1.88. The lowest BCUT2D eigenvalue weighted by Gasteiger charge is -1.89. The van der Waals surface area contributed by atoms with E-state index in [0.29, 0.717) is 0 Å². The van der Waals surface area contributed by atoms with E-state index in [2.05, 4.69) is 5.92 Å². The summed E-state index contributed by atoms with van der Waals surface area (Å²) in [5, 5.41) is 0. The fourth-order valence-corrected chi connectivity index (χ4v) is 0.169. The second kappa shape index (κ2) is 3.38. The van der Waals surface area contributed by atoms with Crippen LogP contribution in [0.5, 0.6) is 0 Å². The van der Waals surface area contributed by atoms with Crippen molar-refractivity contribution < 1.29 is 4.79 Å². The van der Waals surface area contributed by atoms with E-state index in [1.54, 1.807) is 6.29 Å². The number of nitrogens with two attached hydrogens (primary N) is 1. The van der Waals surface area contributed by atoms with Gasteiger partial charge in [-0.2, -0.15) is 0 Å². The largest absolute Gasteiger partial charge is 0.320 e. The maximum atomic E-state index is 9.55. The first-order chi connectivity index (χ1) is 3.31. The molecule has 1 unspecified atom stereocenters. The van der Waals surface area contributed by atoms with Crippen molar-refractivity contribution in [1.82, 2.24) is 0 Å². The number of carbonyl (C=O) groups excluding carboxylic acids is 1. The first-order valence-electron chi connectivity index (χ1n) is 1.88. The highest BCUT2D eigenvalue weighted by Gasteiger charge is 1.93. The molecule has 0 heterocycles. The summed E-state index contributed by atoms with van der Waals surface area (Å²) in [6.45, 7) is 0. The van der Waals surface area contributed by atoms with Gasteiger partial charge in [-0.25, -0.2) is 0 Å². The molecular weight excluding hydrogens is 90.1 g/mol. The molecule has 0 saturated carbocycles. The number of hydrogen-bond donors (Lipinski definition) is 1. The van der Waals surface area contributed by atoms with Gasteiger partial charge in [-0.3, -0.25) is 4.79 Å². The molecule has 0 spiro atoms. The topological polar surface area (TPSA) is 43.1 Å². The zero-order chi connectivity index (χ0) is 5.70. The van der Waals surface area contributed by atoms with Crippen LogP contribution in [0.1, 0.15) is 6.42 Å². The summed E-state index contributed by atoms with van der Waals surface area (Å²) in [7, 11) is 0. The van der Waals surface area contributed by atoms with Crippen LogP contribution in [0.3, 0.4) is 0 Å². The average Bonchev–Trinajstić information content (AvgIpc) is 1.68. The van der Waals surface area contributed by atoms with E-state index in [0.717, 1.165) is 0 Å². The van der Waals surface area contributed by atoms with E-state index in [1.165, 1.54) is 0 Å². The van der Waals surface area contributed by atoms with Gasteiger partial charge in [-0.1, -0.05) is 0 Å². The predicted octanol–water partition coefficient (Wildman–Crippen LogP) is -0.553. The van der Waals surface area contributed by atoms with Crippen LogP contribution in [0.15, 0.2) is 0 Å². The third-order valence-electron chi connectivity index (χ3n) is 0.489. The summed E-state index contributed by atoms with van der Waals surface area (Å²) < 4.78 is 0. The molecule has 0 bridgehead atoms. The number of terminal acetylenes is 1. The smallest absolute Gasteiger partial charge is 0.217 e. The quantitative estimate of drug-likeness (QED) is 0.468. The Balaban J connectivity index is 3.21. The van der Waals surface area contributed by atoms with E-state index in [4.69, 9.17) is 12.2 Å². The maximum absolute atomic E-state index is 9.55. The van der Waals surface area contributed by atoms with Crippen LogP contribution in [-0.4, -0.2) is 12.3 Å². The Morgan fingerprint density at radius 3 is 2.57 bits per heavy atom. The van der Waals surface area contributed by atoms with Gasteiger partial charge in [0.05, 0.1) is 6.04 Å². The predicted molar refractivity (Wildman–Crippen MR) is 27.1 cm³/mol. The van der Waals surface area contributed by atoms with Gasteiger partial charge in [-0.15, -0.1) is 12.3 Å². The Morgan fingerprint density at radius 2 is 2.43 bits per heavy atom. The molecule has 37 valence electrons. The van der Waals surface area contributed by atoms with Gasteiger partial charge in [0, 0.05) is 6.42 Å². The van der Waals surface area contributed by atoms with Crippen LogP contribution in [0, 0.1) is 12.3 Å². The molecule has 7 heavy (non-hydrogen) atoms. The standard InChI is InChI=1S/C5H6NO/c1-2-3-5(6)4-7/h1,5H,3,6H2. The van der Waals surface area contributed by atoms with Gasteiger partial charge >= 0.3 is 0 Å². The SMILES string of the molecule is C#CCC(N)[C]=O. The Bertz CT molecular complexity index is 92.7. The molecule has 1 radical (unpaired) electrons. The molecule has 2 nitrogen and oxygen atoms in total. The lowest BCUT2D eigenvalue weighted by molar-refractivity contribution is 0.542. The number of rotatable bonds is 2. The van der Waals surface area contributed by atoms with Crippen molar-refractivity contribution in [1.29, 1.82) is 0 Å². The molecule has 0 amide bonds. The molecule has 0 rings (SSSR count). The van der Waals surface area contributed by atoms with E-state index in [1.807, 2.05) is 0 Å². The van der Waals surface area contributed by atoms with Crippen LogP contribution in [-0.2, 0) is 4.79 Å². The normalized spacial score (nSPS) is 12.0. The Morgan fingerprint density at radius 1 is 1.86 bits per heavy atom. The van der Waals surface area contributed by atoms with E-state index in [-0.39, 0.29) is 6.42 Å². The molecule has 0 saturated heterocycles. The summed E-state index contributed by atoms with van der Waals surface area (Å²) in [4.78, 5) is 9.55. The van der Waals surface area contributed by atoms with Crippen LogP contribution in [0.4, 0.5) is 0 Å².